The fraction of sp³-hybridized carbons (Fsp3) is 0.458. The quantitative estimate of drug-likeness (QED) is 0.518. The zero-order chi connectivity index (χ0) is 22.2. The molecular formula is C24H31ClN2O4. The van der Waals surface area contributed by atoms with E-state index >= 15 is 0 Å². The van der Waals surface area contributed by atoms with Gasteiger partial charge < -0.3 is 20.3 Å². The number of benzene rings is 2. The number of aliphatic hydroxyl groups is 1. The second-order valence-corrected chi connectivity index (χ2v) is 8.58. The molecular weight excluding hydrogens is 416 g/mol. The van der Waals surface area contributed by atoms with Gasteiger partial charge in [0.15, 0.2) is 0 Å². The fourth-order valence-corrected chi connectivity index (χ4v) is 3.92. The number of rotatable bonds is 10. The molecule has 2 aromatic rings. The summed E-state index contributed by atoms with van der Waals surface area (Å²) < 4.78 is 5.73. The highest BCUT2D eigenvalue weighted by atomic mass is 35.5. The van der Waals surface area contributed by atoms with Gasteiger partial charge in [0.2, 0.25) is 0 Å². The van der Waals surface area contributed by atoms with E-state index in [1.54, 1.807) is 31.2 Å². The lowest BCUT2D eigenvalue weighted by molar-refractivity contribution is -0.138. The van der Waals surface area contributed by atoms with Gasteiger partial charge in [0.05, 0.1) is 5.92 Å². The number of ether oxygens (including phenoxy) is 1. The van der Waals surface area contributed by atoms with Crippen LogP contribution in [0.4, 0.5) is 0 Å². The molecule has 168 valence electrons. The van der Waals surface area contributed by atoms with Crippen LogP contribution in [0.25, 0.3) is 0 Å². The summed E-state index contributed by atoms with van der Waals surface area (Å²) in [7, 11) is 0. The number of nitrogens with zero attached hydrogens (tertiary/aromatic N) is 1. The van der Waals surface area contributed by atoms with Crippen LogP contribution in [-0.4, -0.2) is 59.5 Å². The Morgan fingerprint density at radius 3 is 2.55 bits per heavy atom. The van der Waals surface area contributed by atoms with Crippen LogP contribution in [0.1, 0.15) is 36.8 Å². The molecule has 1 aliphatic rings. The van der Waals surface area contributed by atoms with E-state index in [-0.39, 0.29) is 6.61 Å². The molecule has 2 atom stereocenters. The fourth-order valence-electron chi connectivity index (χ4n) is 3.79. The van der Waals surface area contributed by atoms with Crippen molar-refractivity contribution >= 4 is 17.6 Å². The normalized spacial score (nSPS) is 17.3. The van der Waals surface area contributed by atoms with Crippen molar-refractivity contribution < 1.29 is 19.7 Å². The molecule has 6 nitrogen and oxygen atoms in total. The van der Waals surface area contributed by atoms with Gasteiger partial charge in [0.1, 0.15) is 18.5 Å². The van der Waals surface area contributed by atoms with E-state index in [9.17, 15) is 15.0 Å². The topological polar surface area (TPSA) is 82.0 Å². The summed E-state index contributed by atoms with van der Waals surface area (Å²) in [6, 6.07) is 15.4. The molecule has 0 saturated carbocycles. The number of hydrogen-bond donors (Lipinski definition) is 3. The third-order valence-corrected chi connectivity index (χ3v) is 5.99. The van der Waals surface area contributed by atoms with Crippen LogP contribution >= 0.6 is 11.6 Å². The lowest BCUT2D eigenvalue weighted by Crippen LogP contribution is -2.45. The molecule has 0 amide bonds. The summed E-state index contributed by atoms with van der Waals surface area (Å²) >= 11 is 5.95. The van der Waals surface area contributed by atoms with Crippen molar-refractivity contribution in [1.82, 2.24) is 10.2 Å². The van der Waals surface area contributed by atoms with Crippen LogP contribution in [0.3, 0.4) is 0 Å². The number of carboxylic acids is 1. The van der Waals surface area contributed by atoms with E-state index in [1.807, 2.05) is 12.1 Å². The van der Waals surface area contributed by atoms with E-state index in [2.05, 4.69) is 22.3 Å². The minimum Gasteiger partial charge on any atom is -0.491 e. The molecule has 31 heavy (non-hydrogen) atoms. The average Bonchev–Trinajstić information content (AvgIpc) is 2.78. The van der Waals surface area contributed by atoms with E-state index in [0.29, 0.717) is 23.9 Å². The van der Waals surface area contributed by atoms with Crippen LogP contribution in [0.2, 0.25) is 5.02 Å². The molecule has 1 saturated heterocycles. The van der Waals surface area contributed by atoms with Crippen molar-refractivity contribution in [3.05, 3.63) is 64.7 Å². The highest BCUT2D eigenvalue weighted by molar-refractivity contribution is 6.30. The Morgan fingerprint density at radius 1 is 1.19 bits per heavy atom. The first kappa shape index (κ1) is 23.5. The first-order valence-electron chi connectivity index (χ1n) is 10.7. The Kier molecular flexibility index (Phi) is 8.72. The third-order valence-electron chi connectivity index (χ3n) is 5.74. The molecule has 1 heterocycles. The van der Waals surface area contributed by atoms with Crippen molar-refractivity contribution in [2.45, 2.75) is 44.4 Å². The average molecular weight is 447 g/mol. The lowest BCUT2D eigenvalue weighted by atomic mass is 10.0. The largest absolute Gasteiger partial charge is 0.491 e. The first-order chi connectivity index (χ1) is 14.9. The maximum absolute atomic E-state index is 11.3. The number of piperidine rings is 1. The molecule has 7 heteroatoms. The standard InChI is InChI=1S/C24H31ClN2O4/c1-17(24(29)30)22-4-2-3-5-23(22)31-16-21(28)14-26-20-10-12-27(13-11-20)15-18-6-8-19(25)9-7-18/h2-9,17,20-21,26,28H,10-16H2,1H3,(H,29,30)/t17?,21-/m1/s1. The number of para-hydroxylation sites is 1. The summed E-state index contributed by atoms with van der Waals surface area (Å²) in [5.41, 5.74) is 1.88. The van der Waals surface area contributed by atoms with E-state index < -0.39 is 18.0 Å². The van der Waals surface area contributed by atoms with Gasteiger partial charge in [-0.1, -0.05) is 41.9 Å². The van der Waals surface area contributed by atoms with Gasteiger partial charge in [-0.05, 0) is 56.6 Å². The van der Waals surface area contributed by atoms with E-state index in [4.69, 9.17) is 16.3 Å². The highest BCUT2D eigenvalue weighted by Gasteiger charge is 2.21. The zero-order valence-electron chi connectivity index (χ0n) is 17.8. The number of carbonyl (C=O) groups is 1. The van der Waals surface area contributed by atoms with Crippen LogP contribution in [0, 0.1) is 0 Å². The van der Waals surface area contributed by atoms with Gasteiger partial charge in [-0.25, -0.2) is 0 Å². The first-order valence-corrected chi connectivity index (χ1v) is 11.1. The summed E-state index contributed by atoms with van der Waals surface area (Å²) in [6.07, 6.45) is 1.39. The molecule has 2 aromatic carbocycles. The van der Waals surface area contributed by atoms with Gasteiger partial charge in [0.25, 0.3) is 0 Å². The van der Waals surface area contributed by atoms with Crippen molar-refractivity contribution in [3.8, 4) is 5.75 Å². The van der Waals surface area contributed by atoms with Gasteiger partial charge in [-0.15, -0.1) is 0 Å². The second-order valence-electron chi connectivity index (χ2n) is 8.15. The highest BCUT2D eigenvalue weighted by Crippen LogP contribution is 2.26. The number of aliphatic carboxylic acids is 1. The smallest absolute Gasteiger partial charge is 0.310 e. The van der Waals surface area contributed by atoms with Crippen LogP contribution in [0.5, 0.6) is 5.75 Å². The number of aliphatic hydroxyl groups excluding tert-OH is 1. The monoisotopic (exact) mass is 446 g/mol. The van der Waals surface area contributed by atoms with Gasteiger partial charge >= 0.3 is 5.97 Å². The van der Waals surface area contributed by atoms with Gasteiger partial charge in [0, 0.05) is 29.7 Å². The lowest BCUT2D eigenvalue weighted by Gasteiger charge is -2.33. The SMILES string of the molecule is CC(C(=O)O)c1ccccc1OC[C@H](O)CNC1CCN(Cc2ccc(Cl)cc2)CC1. The Balaban J connectivity index is 1.38. The zero-order valence-corrected chi connectivity index (χ0v) is 18.6. The molecule has 0 spiro atoms. The Labute approximate surface area is 188 Å². The van der Waals surface area contributed by atoms with E-state index in [1.165, 1.54) is 5.56 Å². The van der Waals surface area contributed by atoms with Crippen molar-refractivity contribution in [2.75, 3.05) is 26.2 Å². The second kappa shape index (κ2) is 11.5. The number of likely N-dealkylation sites (tertiary alicyclic amines) is 1. The van der Waals surface area contributed by atoms with Crippen molar-refractivity contribution in [1.29, 1.82) is 0 Å². The number of halogens is 1. The summed E-state index contributed by atoms with van der Waals surface area (Å²) in [4.78, 5) is 13.7. The van der Waals surface area contributed by atoms with Gasteiger partial charge in [-0.3, -0.25) is 9.69 Å². The molecule has 0 radical (unpaired) electrons. The molecule has 3 N–H and O–H groups in total. The molecule has 0 aromatic heterocycles. The predicted octanol–water partition coefficient (Wildman–Crippen LogP) is 3.52. The molecule has 0 aliphatic carbocycles. The minimum absolute atomic E-state index is 0.117. The number of nitrogens with one attached hydrogen (secondary N) is 1. The summed E-state index contributed by atoms with van der Waals surface area (Å²) in [5, 5.41) is 23.8. The Hall–Kier alpha value is -2.12. The summed E-state index contributed by atoms with van der Waals surface area (Å²) in [5.74, 6) is -1.06. The van der Waals surface area contributed by atoms with E-state index in [0.717, 1.165) is 37.5 Å². The Bertz CT molecular complexity index is 838. The predicted molar refractivity (Wildman–Crippen MR) is 122 cm³/mol. The van der Waals surface area contributed by atoms with Crippen LogP contribution in [0.15, 0.2) is 48.5 Å². The van der Waals surface area contributed by atoms with Crippen molar-refractivity contribution in [3.63, 3.8) is 0 Å². The maximum Gasteiger partial charge on any atom is 0.310 e. The molecule has 1 fully saturated rings. The van der Waals surface area contributed by atoms with Crippen LogP contribution < -0.4 is 10.1 Å². The van der Waals surface area contributed by atoms with Crippen molar-refractivity contribution in [2.24, 2.45) is 0 Å². The summed E-state index contributed by atoms with van der Waals surface area (Å²) in [6.45, 7) is 5.13. The van der Waals surface area contributed by atoms with Crippen LogP contribution in [-0.2, 0) is 11.3 Å². The van der Waals surface area contributed by atoms with Gasteiger partial charge in [-0.2, -0.15) is 0 Å². The number of carboxylic acid groups (broad SMARTS) is 1. The Morgan fingerprint density at radius 2 is 1.87 bits per heavy atom. The third kappa shape index (κ3) is 7.21. The molecule has 1 unspecified atom stereocenters. The molecule has 1 aliphatic heterocycles. The molecule has 3 rings (SSSR count). The maximum atomic E-state index is 11.3. The minimum atomic E-state index is -0.902. The molecule has 0 bridgehead atoms. The number of hydrogen-bond acceptors (Lipinski definition) is 5.